The van der Waals surface area contributed by atoms with Crippen LogP contribution in [0.25, 0.3) is 11.3 Å². The van der Waals surface area contributed by atoms with Gasteiger partial charge in [0.15, 0.2) is 6.17 Å². The topological polar surface area (TPSA) is 36.9 Å². The minimum absolute atomic E-state index is 0.0421. The molecule has 2 aromatic rings. The summed E-state index contributed by atoms with van der Waals surface area (Å²) in [7, 11) is 1.68. The summed E-state index contributed by atoms with van der Waals surface area (Å²) >= 11 is 0. The molecule has 23 heavy (non-hydrogen) atoms. The third-order valence-corrected chi connectivity index (χ3v) is 4.06. The molecular weight excluding hydrogens is 286 g/mol. The van der Waals surface area contributed by atoms with Crippen molar-refractivity contribution >= 4 is 17.5 Å². The fourth-order valence-electron chi connectivity index (χ4n) is 2.94. The molecule has 4 heteroatoms. The first kappa shape index (κ1) is 13.6. The van der Waals surface area contributed by atoms with Crippen LogP contribution in [0.4, 0.5) is 0 Å². The van der Waals surface area contributed by atoms with E-state index >= 15 is 0 Å². The molecule has 2 aliphatic rings. The summed E-state index contributed by atoms with van der Waals surface area (Å²) in [4.78, 5) is 4.63. The molecule has 0 amide bonds. The third kappa shape index (κ3) is 2.38. The van der Waals surface area contributed by atoms with E-state index in [-0.39, 0.29) is 6.17 Å². The highest BCUT2D eigenvalue weighted by Gasteiger charge is 2.32. The van der Waals surface area contributed by atoms with Gasteiger partial charge in [0.25, 0.3) is 0 Å². The lowest BCUT2D eigenvalue weighted by Gasteiger charge is -2.23. The molecule has 0 aliphatic carbocycles. The molecule has 0 fully saturated rings. The van der Waals surface area contributed by atoms with Crippen LogP contribution in [0.3, 0.4) is 0 Å². The Morgan fingerprint density at radius 1 is 1.00 bits per heavy atom. The van der Waals surface area contributed by atoms with Crippen LogP contribution in [-0.4, -0.2) is 24.5 Å². The van der Waals surface area contributed by atoms with E-state index in [1.165, 1.54) is 11.1 Å². The highest BCUT2D eigenvalue weighted by atomic mass is 16.5. The molecule has 0 saturated carbocycles. The van der Waals surface area contributed by atoms with Gasteiger partial charge in [0.1, 0.15) is 5.75 Å². The van der Waals surface area contributed by atoms with Gasteiger partial charge in [0, 0.05) is 23.6 Å². The molecule has 0 bridgehead atoms. The second kappa shape index (κ2) is 5.65. The summed E-state index contributed by atoms with van der Waals surface area (Å²) in [5.41, 5.74) is 8.01. The minimum atomic E-state index is -0.0421. The summed E-state index contributed by atoms with van der Waals surface area (Å²) < 4.78 is 5.26. The van der Waals surface area contributed by atoms with Crippen molar-refractivity contribution in [2.45, 2.75) is 6.17 Å². The van der Waals surface area contributed by atoms with Gasteiger partial charge in [-0.1, -0.05) is 30.3 Å². The van der Waals surface area contributed by atoms with Gasteiger partial charge in [-0.15, -0.1) is 0 Å². The summed E-state index contributed by atoms with van der Waals surface area (Å²) in [6.45, 7) is 0. The standard InChI is InChI=1S/C19H17N3O/c1-23-16-10-8-15(9-11-16)18-17(14-6-3-2-4-7-14)19-20-12-5-13-22(19)21-18/h2-13,19,21H,1H3. The van der Waals surface area contributed by atoms with Crippen molar-refractivity contribution < 1.29 is 4.74 Å². The van der Waals surface area contributed by atoms with Crippen molar-refractivity contribution in [1.29, 1.82) is 0 Å². The number of nitrogens with zero attached hydrogens (tertiary/aromatic N) is 2. The Balaban J connectivity index is 1.84. The maximum Gasteiger partial charge on any atom is 0.167 e. The Hall–Kier alpha value is -3.01. The van der Waals surface area contributed by atoms with E-state index in [9.17, 15) is 0 Å². The van der Waals surface area contributed by atoms with E-state index in [2.05, 4.69) is 46.8 Å². The number of aliphatic imine (C=N–C) groups is 1. The smallest absolute Gasteiger partial charge is 0.167 e. The molecule has 1 N–H and O–H groups in total. The lowest BCUT2D eigenvalue weighted by molar-refractivity contribution is 0.305. The van der Waals surface area contributed by atoms with E-state index in [0.717, 1.165) is 17.0 Å². The number of allylic oxidation sites excluding steroid dienone is 1. The van der Waals surface area contributed by atoms with Crippen molar-refractivity contribution in [3.05, 3.63) is 78.0 Å². The van der Waals surface area contributed by atoms with Crippen molar-refractivity contribution in [2.75, 3.05) is 7.11 Å². The van der Waals surface area contributed by atoms with Gasteiger partial charge in [0.2, 0.25) is 0 Å². The molecule has 4 nitrogen and oxygen atoms in total. The predicted octanol–water partition coefficient (Wildman–Crippen LogP) is 3.31. The second-order valence-electron chi connectivity index (χ2n) is 5.42. The van der Waals surface area contributed by atoms with Gasteiger partial charge in [-0.3, -0.25) is 15.4 Å². The van der Waals surface area contributed by atoms with Gasteiger partial charge in [-0.2, -0.15) is 0 Å². The molecular formula is C19H17N3O. The molecule has 2 heterocycles. The normalized spacial score (nSPS) is 18.8. The van der Waals surface area contributed by atoms with Gasteiger partial charge < -0.3 is 4.74 Å². The molecule has 0 saturated heterocycles. The van der Waals surface area contributed by atoms with Gasteiger partial charge >= 0.3 is 0 Å². The zero-order valence-corrected chi connectivity index (χ0v) is 12.8. The van der Waals surface area contributed by atoms with Crippen molar-refractivity contribution in [1.82, 2.24) is 10.4 Å². The van der Waals surface area contributed by atoms with Crippen LogP contribution in [0, 0.1) is 0 Å². The number of fused-ring (bicyclic) bond motifs is 1. The maximum absolute atomic E-state index is 5.26. The molecule has 0 radical (unpaired) electrons. The number of nitrogens with one attached hydrogen (secondary N) is 1. The Morgan fingerprint density at radius 3 is 2.52 bits per heavy atom. The Bertz CT molecular complexity index is 791. The van der Waals surface area contributed by atoms with E-state index in [1.54, 1.807) is 7.11 Å². The Kier molecular flexibility index (Phi) is 3.35. The van der Waals surface area contributed by atoms with Gasteiger partial charge in [-0.25, -0.2) is 0 Å². The van der Waals surface area contributed by atoms with Gasteiger partial charge in [-0.05, 0) is 35.9 Å². The number of ether oxygens (including phenoxy) is 1. The third-order valence-electron chi connectivity index (χ3n) is 4.06. The summed E-state index contributed by atoms with van der Waals surface area (Å²) in [6.07, 6.45) is 5.75. The number of hydrazine groups is 1. The number of rotatable bonds is 3. The van der Waals surface area contributed by atoms with Crippen LogP contribution >= 0.6 is 0 Å². The number of hydrogen-bond acceptors (Lipinski definition) is 4. The SMILES string of the molecule is COc1ccc(C2=C(c3ccccc3)C3N=CC=CN3N2)cc1. The molecule has 2 aliphatic heterocycles. The number of hydrogen-bond donors (Lipinski definition) is 1. The fraction of sp³-hybridized carbons (Fsp3) is 0.105. The first-order chi connectivity index (χ1) is 11.4. The van der Waals surface area contributed by atoms with E-state index < -0.39 is 0 Å². The van der Waals surface area contributed by atoms with Crippen molar-refractivity contribution in [3.8, 4) is 5.75 Å². The number of methoxy groups -OCH3 is 1. The van der Waals surface area contributed by atoms with E-state index in [4.69, 9.17) is 4.74 Å². The van der Waals surface area contributed by atoms with Crippen LogP contribution in [-0.2, 0) is 0 Å². The molecule has 1 unspecified atom stereocenters. The average Bonchev–Trinajstić information content (AvgIpc) is 3.02. The first-order valence-electron chi connectivity index (χ1n) is 7.56. The van der Waals surface area contributed by atoms with E-state index in [0.29, 0.717) is 0 Å². The summed E-state index contributed by atoms with van der Waals surface area (Å²) in [5.74, 6) is 0.851. The first-order valence-corrected chi connectivity index (χ1v) is 7.56. The van der Waals surface area contributed by atoms with Crippen molar-refractivity contribution in [3.63, 3.8) is 0 Å². The highest BCUT2D eigenvalue weighted by molar-refractivity contribution is 5.95. The zero-order valence-electron chi connectivity index (χ0n) is 12.8. The second-order valence-corrected chi connectivity index (χ2v) is 5.42. The quantitative estimate of drug-likeness (QED) is 0.945. The van der Waals surface area contributed by atoms with Crippen LogP contribution in [0.15, 0.2) is 71.9 Å². The number of benzene rings is 2. The Labute approximate surface area is 135 Å². The van der Waals surface area contributed by atoms with Crippen LogP contribution in [0.2, 0.25) is 0 Å². The van der Waals surface area contributed by atoms with E-state index in [1.807, 2.05) is 41.7 Å². The molecule has 2 aromatic carbocycles. The minimum Gasteiger partial charge on any atom is -0.497 e. The predicted molar refractivity (Wildman–Crippen MR) is 92.6 cm³/mol. The van der Waals surface area contributed by atoms with Gasteiger partial charge in [0.05, 0.1) is 12.8 Å². The Morgan fingerprint density at radius 2 is 1.78 bits per heavy atom. The summed E-state index contributed by atoms with van der Waals surface area (Å²) in [6, 6.07) is 18.5. The molecule has 0 aromatic heterocycles. The van der Waals surface area contributed by atoms with Crippen LogP contribution in [0.1, 0.15) is 11.1 Å². The zero-order chi connectivity index (χ0) is 15.6. The highest BCUT2D eigenvalue weighted by Crippen LogP contribution is 2.36. The molecule has 4 rings (SSSR count). The van der Waals surface area contributed by atoms with Crippen LogP contribution in [0.5, 0.6) is 5.75 Å². The maximum atomic E-state index is 5.26. The lowest BCUT2D eigenvalue weighted by Crippen LogP contribution is -2.34. The fourth-order valence-corrected chi connectivity index (χ4v) is 2.94. The molecule has 1 atom stereocenters. The largest absolute Gasteiger partial charge is 0.497 e. The lowest BCUT2D eigenvalue weighted by atomic mass is 9.98. The van der Waals surface area contributed by atoms with Crippen molar-refractivity contribution in [2.24, 2.45) is 4.99 Å². The molecule has 114 valence electrons. The summed E-state index contributed by atoms with van der Waals surface area (Å²) in [5, 5.41) is 2.03. The monoisotopic (exact) mass is 303 g/mol. The average molecular weight is 303 g/mol. The van der Waals surface area contributed by atoms with Crippen LogP contribution < -0.4 is 10.2 Å². The molecule has 0 spiro atoms.